The molecule has 3 aromatic rings. The molecule has 138 valence electrons. The molecule has 0 aliphatic heterocycles. The van der Waals surface area contributed by atoms with Crippen molar-refractivity contribution in [1.82, 2.24) is 0 Å². The second kappa shape index (κ2) is 8.08. The van der Waals surface area contributed by atoms with Crippen LogP contribution in [0.25, 0.3) is 0 Å². The van der Waals surface area contributed by atoms with Gasteiger partial charge in [-0.25, -0.2) is 0 Å². The first-order valence-electron chi connectivity index (χ1n) is 8.52. The van der Waals surface area contributed by atoms with Gasteiger partial charge in [-0.15, -0.1) is 0 Å². The highest BCUT2D eigenvalue weighted by atomic mass is 19.4. The van der Waals surface area contributed by atoms with Crippen molar-refractivity contribution in [2.45, 2.75) is 19.5 Å². The summed E-state index contributed by atoms with van der Waals surface area (Å²) in [6.07, 6.45) is -3.52. The fraction of sp³-hybridized carbons (Fsp3) is 0.136. The Kier molecular flexibility index (Phi) is 5.60. The molecule has 0 saturated heterocycles. The summed E-state index contributed by atoms with van der Waals surface area (Å²) < 4.78 is 38.3. The summed E-state index contributed by atoms with van der Waals surface area (Å²) in [5.74, 6) is 0. The molecule has 3 aromatic carbocycles. The molecule has 0 aromatic heterocycles. The molecule has 0 amide bonds. The van der Waals surface area contributed by atoms with Crippen LogP contribution in [0.5, 0.6) is 0 Å². The Bertz CT molecular complexity index is 914. The average molecular weight is 368 g/mol. The van der Waals surface area contributed by atoms with Crippen molar-refractivity contribution in [2.75, 3.05) is 5.43 Å². The zero-order valence-electron chi connectivity index (χ0n) is 14.8. The SMILES string of the molecule is C/C(=N\Nc1cccc(C(F)(F)F)c1)c1ccc(Cc2ccccc2)cc1. The molecule has 2 nitrogen and oxygen atoms in total. The van der Waals surface area contributed by atoms with Gasteiger partial charge < -0.3 is 0 Å². The fourth-order valence-corrected chi connectivity index (χ4v) is 2.67. The maximum Gasteiger partial charge on any atom is 0.416 e. The largest absolute Gasteiger partial charge is 0.416 e. The molecule has 0 atom stereocenters. The Balaban J connectivity index is 1.68. The monoisotopic (exact) mass is 368 g/mol. The lowest BCUT2D eigenvalue weighted by Gasteiger charge is -2.09. The maximum absolute atomic E-state index is 12.8. The van der Waals surface area contributed by atoms with Gasteiger partial charge in [0.15, 0.2) is 0 Å². The first-order chi connectivity index (χ1) is 12.9. The minimum atomic E-state index is -4.37. The van der Waals surface area contributed by atoms with Gasteiger partial charge >= 0.3 is 6.18 Å². The van der Waals surface area contributed by atoms with E-state index in [-0.39, 0.29) is 0 Å². The Hall–Kier alpha value is -3.08. The number of nitrogens with one attached hydrogen (secondary N) is 1. The quantitative estimate of drug-likeness (QED) is 0.425. The van der Waals surface area contributed by atoms with Crippen molar-refractivity contribution in [3.05, 3.63) is 101 Å². The van der Waals surface area contributed by atoms with Gasteiger partial charge in [0.25, 0.3) is 0 Å². The van der Waals surface area contributed by atoms with Crippen molar-refractivity contribution >= 4 is 11.4 Å². The predicted octanol–water partition coefficient (Wildman–Crippen LogP) is 6.13. The van der Waals surface area contributed by atoms with Gasteiger partial charge in [-0.3, -0.25) is 5.43 Å². The van der Waals surface area contributed by atoms with Crippen LogP contribution >= 0.6 is 0 Å². The average Bonchev–Trinajstić information content (AvgIpc) is 2.67. The van der Waals surface area contributed by atoms with E-state index in [0.717, 1.165) is 24.1 Å². The number of benzene rings is 3. The number of alkyl halides is 3. The Morgan fingerprint density at radius 1 is 0.852 bits per heavy atom. The van der Waals surface area contributed by atoms with E-state index < -0.39 is 11.7 Å². The molecule has 1 N–H and O–H groups in total. The molecule has 27 heavy (non-hydrogen) atoms. The molecule has 0 unspecified atom stereocenters. The van der Waals surface area contributed by atoms with Gasteiger partial charge in [0.05, 0.1) is 17.0 Å². The lowest BCUT2D eigenvalue weighted by molar-refractivity contribution is -0.137. The summed E-state index contributed by atoms with van der Waals surface area (Å²) >= 11 is 0. The standard InChI is InChI=1S/C22H19F3N2/c1-16(26-27-21-9-5-8-20(15-21)22(23,24)25)19-12-10-18(11-13-19)14-17-6-3-2-4-7-17/h2-13,15,27H,14H2,1H3/b26-16+. The van der Waals surface area contributed by atoms with Crippen LogP contribution in [0.3, 0.4) is 0 Å². The van der Waals surface area contributed by atoms with E-state index in [2.05, 4.69) is 22.7 Å². The molecule has 0 fully saturated rings. The van der Waals surface area contributed by atoms with Gasteiger partial charge in [0.2, 0.25) is 0 Å². The predicted molar refractivity (Wildman–Crippen MR) is 103 cm³/mol. The van der Waals surface area contributed by atoms with Crippen LogP contribution in [-0.4, -0.2) is 5.71 Å². The number of hydrazone groups is 1. The van der Waals surface area contributed by atoms with Crippen LogP contribution in [0.15, 0.2) is 84.0 Å². The van der Waals surface area contributed by atoms with E-state index in [1.807, 2.05) is 49.4 Å². The number of hydrogen-bond donors (Lipinski definition) is 1. The van der Waals surface area contributed by atoms with Gasteiger partial charge in [0.1, 0.15) is 0 Å². The van der Waals surface area contributed by atoms with Crippen LogP contribution in [-0.2, 0) is 12.6 Å². The third-order valence-corrected chi connectivity index (χ3v) is 4.17. The number of nitrogens with zero attached hydrogens (tertiary/aromatic N) is 1. The second-order valence-corrected chi connectivity index (χ2v) is 6.25. The van der Waals surface area contributed by atoms with E-state index in [4.69, 9.17) is 0 Å². The van der Waals surface area contributed by atoms with Crippen LogP contribution in [0.4, 0.5) is 18.9 Å². The number of halogens is 3. The molecule has 0 heterocycles. The van der Waals surface area contributed by atoms with Crippen LogP contribution in [0, 0.1) is 0 Å². The Labute approximate surface area is 156 Å². The zero-order valence-corrected chi connectivity index (χ0v) is 14.8. The first-order valence-corrected chi connectivity index (χ1v) is 8.52. The topological polar surface area (TPSA) is 24.4 Å². The molecule has 0 aliphatic carbocycles. The summed E-state index contributed by atoms with van der Waals surface area (Å²) in [5, 5.41) is 4.20. The third-order valence-electron chi connectivity index (χ3n) is 4.17. The highest BCUT2D eigenvalue weighted by molar-refractivity contribution is 5.99. The first kappa shape index (κ1) is 18.7. The number of anilines is 1. The van der Waals surface area contributed by atoms with E-state index in [1.165, 1.54) is 17.2 Å². The molecule has 0 radical (unpaired) electrons. The maximum atomic E-state index is 12.8. The molecule has 0 bridgehead atoms. The van der Waals surface area contributed by atoms with Gasteiger partial charge in [-0.05, 0) is 48.2 Å². The minimum Gasteiger partial charge on any atom is -0.278 e. The Morgan fingerprint density at radius 2 is 1.52 bits per heavy atom. The summed E-state index contributed by atoms with van der Waals surface area (Å²) in [6, 6.07) is 23.2. The number of rotatable bonds is 5. The lowest BCUT2D eigenvalue weighted by Crippen LogP contribution is -2.05. The second-order valence-electron chi connectivity index (χ2n) is 6.25. The van der Waals surface area contributed by atoms with E-state index in [1.54, 1.807) is 6.07 Å². The van der Waals surface area contributed by atoms with Gasteiger partial charge in [-0.1, -0.05) is 60.7 Å². The molecule has 0 aliphatic rings. The summed E-state index contributed by atoms with van der Waals surface area (Å²) in [7, 11) is 0. The zero-order chi connectivity index (χ0) is 19.3. The van der Waals surface area contributed by atoms with E-state index in [0.29, 0.717) is 11.4 Å². The minimum absolute atomic E-state index is 0.296. The van der Waals surface area contributed by atoms with Crippen molar-refractivity contribution in [2.24, 2.45) is 5.10 Å². The van der Waals surface area contributed by atoms with Gasteiger partial charge in [0, 0.05) is 0 Å². The van der Waals surface area contributed by atoms with E-state index in [9.17, 15) is 13.2 Å². The highest BCUT2D eigenvalue weighted by Gasteiger charge is 2.30. The highest BCUT2D eigenvalue weighted by Crippen LogP contribution is 2.30. The van der Waals surface area contributed by atoms with Crippen LogP contribution < -0.4 is 5.43 Å². The summed E-state index contributed by atoms with van der Waals surface area (Å²) in [4.78, 5) is 0. The molecule has 0 spiro atoms. The molecular weight excluding hydrogens is 349 g/mol. The number of hydrogen-bond acceptors (Lipinski definition) is 2. The summed E-state index contributed by atoms with van der Waals surface area (Å²) in [6.45, 7) is 1.81. The third kappa shape index (κ3) is 5.20. The van der Waals surface area contributed by atoms with Crippen LogP contribution in [0.2, 0.25) is 0 Å². The smallest absolute Gasteiger partial charge is 0.278 e. The van der Waals surface area contributed by atoms with Crippen molar-refractivity contribution in [1.29, 1.82) is 0 Å². The van der Waals surface area contributed by atoms with Crippen molar-refractivity contribution in [3.8, 4) is 0 Å². The Morgan fingerprint density at radius 3 is 2.19 bits per heavy atom. The summed E-state index contributed by atoms with van der Waals surface area (Å²) in [5.41, 5.74) is 6.31. The van der Waals surface area contributed by atoms with Gasteiger partial charge in [-0.2, -0.15) is 18.3 Å². The molecule has 0 saturated carbocycles. The van der Waals surface area contributed by atoms with Crippen molar-refractivity contribution in [3.63, 3.8) is 0 Å². The normalized spacial score (nSPS) is 12.1. The molecular formula is C22H19F3N2. The van der Waals surface area contributed by atoms with Crippen LogP contribution in [0.1, 0.15) is 29.2 Å². The van der Waals surface area contributed by atoms with Crippen molar-refractivity contribution < 1.29 is 13.2 Å². The lowest BCUT2D eigenvalue weighted by atomic mass is 10.0. The molecule has 5 heteroatoms. The molecule has 3 rings (SSSR count). The fourth-order valence-electron chi connectivity index (χ4n) is 2.67. The van der Waals surface area contributed by atoms with E-state index >= 15 is 0 Å².